The molecule has 0 saturated carbocycles. The Balaban J connectivity index is 2.24. The smallest absolute Gasteiger partial charge is 0.269 e. The fourth-order valence-electron chi connectivity index (χ4n) is 1.94. The highest BCUT2D eigenvalue weighted by molar-refractivity contribution is 5.78. The minimum Gasteiger partial charge on any atom is -0.394 e. The Morgan fingerprint density at radius 3 is 2.43 bits per heavy atom. The lowest BCUT2D eigenvalue weighted by Crippen LogP contribution is -2.23. The van der Waals surface area contributed by atoms with E-state index < -0.39 is 11.0 Å². The molecule has 6 nitrogen and oxygen atoms in total. The van der Waals surface area contributed by atoms with Crippen molar-refractivity contribution in [3.8, 4) is 11.1 Å². The Bertz CT molecular complexity index is 613. The number of nitro benzene ring substituents is 1. The van der Waals surface area contributed by atoms with Crippen molar-refractivity contribution >= 4 is 11.4 Å². The Labute approximate surface area is 121 Å². The molecule has 0 aliphatic rings. The standard InChI is InChI=1S/C15H16N2O4/c18-10-13(19)9-16-15-4-2-1-3-14(15)11-5-7-12(8-6-11)17(20)21/h1-8,13,16,18-19H,9-10H2. The molecule has 0 aromatic heterocycles. The summed E-state index contributed by atoms with van der Waals surface area (Å²) < 4.78 is 0. The molecule has 0 amide bonds. The monoisotopic (exact) mass is 288 g/mol. The van der Waals surface area contributed by atoms with E-state index in [-0.39, 0.29) is 18.8 Å². The van der Waals surface area contributed by atoms with Crippen LogP contribution in [-0.4, -0.2) is 34.4 Å². The van der Waals surface area contributed by atoms with Gasteiger partial charge >= 0.3 is 0 Å². The van der Waals surface area contributed by atoms with Crippen molar-refractivity contribution in [1.82, 2.24) is 0 Å². The van der Waals surface area contributed by atoms with E-state index in [1.807, 2.05) is 24.3 Å². The Hall–Kier alpha value is -2.44. The molecule has 3 N–H and O–H groups in total. The number of aliphatic hydroxyl groups is 2. The van der Waals surface area contributed by atoms with Crippen molar-refractivity contribution in [2.45, 2.75) is 6.10 Å². The SMILES string of the molecule is O=[N+]([O-])c1ccc(-c2ccccc2NCC(O)CO)cc1. The summed E-state index contributed by atoms with van der Waals surface area (Å²) in [7, 11) is 0. The minimum absolute atomic E-state index is 0.0416. The van der Waals surface area contributed by atoms with Crippen LogP contribution in [0.15, 0.2) is 48.5 Å². The third kappa shape index (κ3) is 3.77. The zero-order chi connectivity index (χ0) is 15.2. The van der Waals surface area contributed by atoms with E-state index in [0.717, 1.165) is 16.8 Å². The van der Waals surface area contributed by atoms with Crippen molar-refractivity contribution in [3.05, 3.63) is 58.6 Å². The highest BCUT2D eigenvalue weighted by atomic mass is 16.6. The predicted octanol–water partition coefficient (Wildman–Crippen LogP) is 2.03. The molecule has 0 bridgehead atoms. The van der Waals surface area contributed by atoms with E-state index in [9.17, 15) is 15.2 Å². The lowest BCUT2D eigenvalue weighted by molar-refractivity contribution is -0.384. The second kappa shape index (κ2) is 6.83. The van der Waals surface area contributed by atoms with Gasteiger partial charge in [0.05, 0.1) is 17.6 Å². The molecular formula is C15H16N2O4. The van der Waals surface area contributed by atoms with Gasteiger partial charge in [-0.05, 0) is 23.8 Å². The van der Waals surface area contributed by atoms with Crippen molar-refractivity contribution in [1.29, 1.82) is 0 Å². The summed E-state index contributed by atoms with van der Waals surface area (Å²) in [6, 6.07) is 13.7. The first-order valence-electron chi connectivity index (χ1n) is 6.48. The minimum atomic E-state index is -0.838. The molecule has 0 fully saturated rings. The summed E-state index contributed by atoms with van der Waals surface area (Å²) in [6.07, 6.45) is -0.838. The summed E-state index contributed by atoms with van der Waals surface area (Å²) in [5.74, 6) is 0. The Kier molecular flexibility index (Phi) is 4.86. The maximum absolute atomic E-state index is 10.7. The molecule has 0 saturated heterocycles. The van der Waals surface area contributed by atoms with Crippen molar-refractivity contribution < 1.29 is 15.1 Å². The molecule has 1 atom stereocenters. The molecule has 2 rings (SSSR count). The molecular weight excluding hydrogens is 272 g/mol. The van der Waals surface area contributed by atoms with Gasteiger partial charge < -0.3 is 15.5 Å². The largest absolute Gasteiger partial charge is 0.394 e. The fourth-order valence-corrected chi connectivity index (χ4v) is 1.94. The first kappa shape index (κ1) is 15.0. The van der Waals surface area contributed by atoms with Crippen LogP contribution in [-0.2, 0) is 0 Å². The van der Waals surface area contributed by atoms with Crippen molar-refractivity contribution in [2.24, 2.45) is 0 Å². The number of anilines is 1. The fraction of sp³-hybridized carbons (Fsp3) is 0.200. The van der Waals surface area contributed by atoms with Gasteiger partial charge in [0.2, 0.25) is 0 Å². The number of para-hydroxylation sites is 1. The molecule has 0 heterocycles. The number of rotatable bonds is 6. The van der Waals surface area contributed by atoms with Crippen LogP contribution in [0.1, 0.15) is 0 Å². The van der Waals surface area contributed by atoms with Crippen LogP contribution in [0.4, 0.5) is 11.4 Å². The molecule has 0 aliphatic heterocycles. The Morgan fingerprint density at radius 1 is 1.14 bits per heavy atom. The topological polar surface area (TPSA) is 95.6 Å². The maximum atomic E-state index is 10.7. The van der Waals surface area contributed by atoms with E-state index in [1.165, 1.54) is 12.1 Å². The second-order valence-corrected chi connectivity index (χ2v) is 4.57. The van der Waals surface area contributed by atoms with Gasteiger partial charge in [0, 0.05) is 29.9 Å². The number of nitrogens with zero attached hydrogens (tertiary/aromatic N) is 1. The first-order chi connectivity index (χ1) is 10.1. The lowest BCUT2D eigenvalue weighted by atomic mass is 10.0. The van der Waals surface area contributed by atoms with E-state index in [2.05, 4.69) is 5.32 Å². The highest BCUT2D eigenvalue weighted by Gasteiger charge is 2.09. The third-order valence-corrected chi connectivity index (χ3v) is 3.06. The predicted molar refractivity (Wildman–Crippen MR) is 80.1 cm³/mol. The van der Waals surface area contributed by atoms with Crippen LogP contribution in [0.25, 0.3) is 11.1 Å². The lowest BCUT2D eigenvalue weighted by Gasteiger charge is -2.14. The van der Waals surface area contributed by atoms with Crippen LogP contribution in [0.2, 0.25) is 0 Å². The molecule has 0 radical (unpaired) electrons. The number of non-ortho nitro benzene ring substituents is 1. The molecule has 110 valence electrons. The number of hydrogen-bond donors (Lipinski definition) is 3. The zero-order valence-corrected chi connectivity index (χ0v) is 11.3. The average Bonchev–Trinajstić information content (AvgIpc) is 2.53. The van der Waals surface area contributed by atoms with Crippen LogP contribution in [0.5, 0.6) is 0 Å². The van der Waals surface area contributed by atoms with Gasteiger partial charge in [0.25, 0.3) is 5.69 Å². The van der Waals surface area contributed by atoms with Gasteiger partial charge in [0.1, 0.15) is 0 Å². The van der Waals surface area contributed by atoms with Crippen LogP contribution in [0.3, 0.4) is 0 Å². The molecule has 2 aromatic rings. The molecule has 0 aliphatic carbocycles. The first-order valence-corrected chi connectivity index (χ1v) is 6.48. The molecule has 1 unspecified atom stereocenters. The van der Waals surface area contributed by atoms with Crippen molar-refractivity contribution in [2.75, 3.05) is 18.5 Å². The van der Waals surface area contributed by atoms with E-state index in [1.54, 1.807) is 12.1 Å². The quantitative estimate of drug-likeness (QED) is 0.558. The van der Waals surface area contributed by atoms with Gasteiger partial charge in [-0.25, -0.2) is 0 Å². The van der Waals surface area contributed by atoms with Crippen LogP contribution in [0, 0.1) is 10.1 Å². The van der Waals surface area contributed by atoms with E-state index >= 15 is 0 Å². The van der Waals surface area contributed by atoms with Crippen molar-refractivity contribution in [3.63, 3.8) is 0 Å². The highest BCUT2D eigenvalue weighted by Crippen LogP contribution is 2.29. The van der Waals surface area contributed by atoms with E-state index in [0.29, 0.717) is 0 Å². The second-order valence-electron chi connectivity index (χ2n) is 4.57. The molecule has 21 heavy (non-hydrogen) atoms. The summed E-state index contributed by atoms with van der Waals surface area (Å²) in [5, 5.41) is 31.9. The van der Waals surface area contributed by atoms with Gasteiger partial charge in [-0.3, -0.25) is 10.1 Å². The molecule has 0 spiro atoms. The molecule has 6 heteroatoms. The van der Waals surface area contributed by atoms with Gasteiger partial charge in [0.15, 0.2) is 0 Å². The number of aliphatic hydroxyl groups excluding tert-OH is 2. The van der Waals surface area contributed by atoms with Gasteiger partial charge in [-0.1, -0.05) is 18.2 Å². The third-order valence-electron chi connectivity index (χ3n) is 3.06. The number of benzene rings is 2. The summed E-state index contributed by atoms with van der Waals surface area (Å²) >= 11 is 0. The zero-order valence-electron chi connectivity index (χ0n) is 11.3. The van der Waals surface area contributed by atoms with Crippen LogP contribution >= 0.6 is 0 Å². The van der Waals surface area contributed by atoms with E-state index in [4.69, 9.17) is 5.11 Å². The maximum Gasteiger partial charge on any atom is 0.269 e. The summed E-state index contributed by atoms with van der Waals surface area (Å²) in [5.41, 5.74) is 2.54. The number of nitro groups is 1. The Morgan fingerprint density at radius 2 is 1.81 bits per heavy atom. The number of nitrogens with one attached hydrogen (secondary N) is 1. The summed E-state index contributed by atoms with van der Waals surface area (Å²) in [4.78, 5) is 10.2. The van der Waals surface area contributed by atoms with Crippen LogP contribution < -0.4 is 5.32 Å². The van der Waals surface area contributed by atoms with Gasteiger partial charge in [-0.2, -0.15) is 0 Å². The average molecular weight is 288 g/mol. The molecule has 2 aromatic carbocycles. The summed E-state index contributed by atoms with van der Waals surface area (Å²) in [6.45, 7) is -0.0901. The normalized spacial score (nSPS) is 11.9. The number of hydrogen-bond acceptors (Lipinski definition) is 5. The van der Waals surface area contributed by atoms with Gasteiger partial charge in [-0.15, -0.1) is 0 Å².